The maximum absolute atomic E-state index is 5.45. The Bertz CT molecular complexity index is 574. The van der Waals surface area contributed by atoms with Crippen LogP contribution in [-0.4, -0.2) is 11.5 Å². The van der Waals surface area contributed by atoms with Crippen LogP contribution in [0, 0.1) is 0 Å². The molecule has 1 aromatic heterocycles. The van der Waals surface area contributed by atoms with Gasteiger partial charge in [0.2, 0.25) is 0 Å². The van der Waals surface area contributed by atoms with Gasteiger partial charge in [-0.3, -0.25) is 0 Å². The summed E-state index contributed by atoms with van der Waals surface area (Å²) in [5.74, 6) is 0. The number of thiophene rings is 1. The predicted octanol–water partition coefficient (Wildman–Crippen LogP) is 4.01. The number of hydrogen-bond acceptors (Lipinski definition) is 3. The van der Waals surface area contributed by atoms with E-state index < -0.39 is 0 Å². The fraction of sp³-hybridized carbons (Fsp3) is 0.154. The van der Waals surface area contributed by atoms with Gasteiger partial charge in [0.15, 0.2) is 0 Å². The van der Waals surface area contributed by atoms with Gasteiger partial charge in [-0.2, -0.15) is 0 Å². The number of fused-ring (bicyclic) bond motifs is 2. The lowest BCUT2D eigenvalue weighted by Crippen LogP contribution is -2.15. The van der Waals surface area contributed by atoms with Crippen LogP contribution in [0.15, 0.2) is 35.0 Å². The molecule has 0 unspecified atom stereocenters. The Hall–Kier alpha value is -1.39. The number of thiocarbonyl (C=S) groups is 1. The van der Waals surface area contributed by atoms with Gasteiger partial charge < -0.3 is 10.2 Å². The normalized spacial score (nSPS) is 13.7. The molecule has 1 N–H and O–H groups in total. The minimum atomic E-state index is 0.810. The smallest absolute Gasteiger partial charge is 0.114 e. The van der Waals surface area contributed by atoms with E-state index in [1.807, 2.05) is 6.07 Å². The van der Waals surface area contributed by atoms with E-state index in [1.165, 1.54) is 11.4 Å². The van der Waals surface area contributed by atoms with Gasteiger partial charge in [0.05, 0.1) is 17.1 Å². The molecule has 3 rings (SSSR count). The van der Waals surface area contributed by atoms with E-state index in [1.54, 1.807) is 11.3 Å². The second-order valence-electron chi connectivity index (χ2n) is 3.89. The van der Waals surface area contributed by atoms with Crippen LogP contribution in [0.1, 0.15) is 12.5 Å². The average Bonchev–Trinajstić information content (AvgIpc) is 2.77. The van der Waals surface area contributed by atoms with Crippen molar-refractivity contribution in [1.82, 2.24) is 0 Å². The predicted molar refractivity (Wildman–Crippen MR) is 78.8 cm³/mol. The van der Waals surface area contributed by atoms with Gasteiger partial charge in [-0.25, -0.2) is 0 Å². The van der Waals surface area contributed by atoms with E-state index >= 15 is 0 Å². The Balaban J connectivity index is 2.25. The van der Waals surface area contributed by atoms with Gasteiger partial charge in [0.25, 0.3) is 0 Å². The van der Waals surface area contributed by atoms with Crippen LogP contribution in [0.25, 0.3) is 0 Å². The summed E-state index contributed by atoms with van der Waals surface area (Å²) in [5, 5.41) is 7.60. The highest BCUT2D eigenvalue weighted by Crippen LogP contribution is 2.39. The molecule has 1 aromatic carbocycles. The highest BCUT2D eigenvalue weighted by atomic mass is 32.1. The van der Waals surface area contributed by atoms with E-state index in [9.17, 15) is 0 Å². The Kier molecular flexibility index (Phi) is 2.61. The Morgan fingerprint density at radius 3 is 2.88 bits per heavy atom. The third kappa shape index (κ3) is 1.64. The van der Waals surface area contributed by atoms with Crippen LogP contribution >= 0.6 is 23.6 Å². The van der Waals surface area contributed by atoms with E-state index in [0.29, 0.717) is 0 Å². The zero-order chi connectivity index (χ0) is 11.8. The molecule has 2 nitrogen and oxygen atoms in total. The zero-order valence-electron chi connectivity index (χ0n) is 9.43. The topological polar surface area (TPSA) is 15.3 Å². The molecule has 2 heterocycles. The van der Waals surface area contributed by atoms with Gasteiger partial charge >= 0.3 is 0 Å². The van der Waals surface area contributed by atoms with Crippen molar-refractivity contribution in [2.75, 3.05) is 16.8 Å². The summed E-state index contributed by atoms with van der Waals surface area (Å²) in [6, 6.07) is 8.28. The molecule has 1 aliphatic heterocycles. The number of para-hydroxylation sites is 2. The van der Waals surface area contributed by atoms with Crippen molar-refractivity contribution in [3.05, 3.63) is 40.6 Å². The lowest BCUT2D eigenvalue weighted by atomic mass is 10.2. The second kappa shape index (κ2) is 4.13. The number of benzene rings is 1. The lowest BCUT2D eigenvalue weighted by molar-refractivity contribution is 1.03. The minimum Gasteiger partial charge on any atom is -0.344 e. The van der Waals surface area contributed by atoms with Gasteiger partial charge in [-0.15, -0.1) is 11.3 Å². The first-order valence-corrected chi connectivity index (χ1v) is 6.90. The maximum atomic E-state index is 5.45. The van der Waals surface area contributed by atoms with Gasteiger partial charge in [0.1, 0.15) is 4.99 Å². The van der Waals surface area contributed by atoms with Crippen molar-refractivity contribution < 1.29 is 0 Å². The number of nitrogens with one attached hydrogen (secondary N) is 1. The van der Waals surface area contributed by atoms with Gasteiger partial charge in [-0.1, -0.05) is 24.4 Å². The third-order valence-electron chi connectivity index (χ3n) is 2.94. The summed E-state index contributed by atoms with van der Waals surface area (Å²) in [6.07, 6.45) is 0. The molecule has 0 saturated heterocycles. The molecule has 1 aliphatic rings. The molecular formula is C13H12N2S2. The van der Waals surface area contributed by atoms with Crippen molar-refractivity contribution in [2.24, 2.45) is 0 Å². The number of hydrogen-bond donors (Lipinski definition) is 1. The molecule has 0 radical (unpaired) electrons. The fourth-order valence-electron chi connectivity index (χ4n) is 2.14. The Morgan fingerprint density at radius 2 is 2.06 bits per heavy atom. The molecule has 0 fully saturated rings. The first kappa shape index (κ1) is 10.7. The summed E-state index contributed by atoms with van der Waals surface area (Å²) < 4.78 is 0. The molecule has 4 heteroatoms. The number of rotatable bonds is 1. The van der Waals surface area contributed by atoms with Gasteiger partial charge in [0, 0.05) is 22.9 Å². The lowest BCUT2D eigenvalue weighted by Gasteiger charge is -2.22. The van der Waals surface area contributed by atoms with Crippen molar-refractivity contribution in [3.8, 4) is 0 Å². The second-order valence-corrected chi connectivity index (χ2v) is 5.04. The molecule has 0 saturated carbocycles. The summed E-state index contributed by atoms with van der Waals surface area (Å²) >= 11 is 7.14. The molecule has 2 aromatic rings. The Morgan fingerprint density at radius 1 is 1.24 bits per heavy atom. The van der Waals surface area contributed by atoms with Crippen molar-refractivity contribution in [3.63, 3.8) is 0 Å². The SMILES string of the molecule is CCN1c2ccccc2NC(=S)c2cscc21. The minimum absolute atomic E-state index is 0.810. The highest BCUT2D eigenvalue weighted by molar-refractivity contribution is 7.81. The van der Waals surface area contributed by atoms with Crippen LogP contribution in [0.4, 0.5) is 17.1 Å². The Labute approximate surface area is 110 Å². The summed E-state index contributed by atoms with van der Waals surface area (Å²) in [7, 11) is 0. The van der Waals surface area contributed by atoms with Crippen LogP contribution in [-0.2, 0) is 0 Å². The number of anilines is 3. The summed E-state index contributed by atoms with van der Waals surface area (Å²) in [4.78, 5) is 3.11. The first-order chi connectivity index (χ1) is 8.31. The molecule has 0 bridgehead atoms. The van der Waals surface area contributed by atoms with Crippen molar-refractivity contribution >= 4 is 45.6 Å². The fourth-order valence-corrected chi connectivity index (χ4v) is 3.32. The summed E-state index contributed by atoms with van der Waals surface area (Å²) in [6.45, 7) is 3.09. The summed E-state index contributed by atoms with van der Waals surface area (Å²) in [5.41, 5.74) is 4.61. The molecular weight excluding hydrogens is 248 g/mol. The highest BCUT2D eigenvalue weighted by Gasteiger charge is 2.22. The van der Waals surface area contributed by atoms with E-state index in [-0.39, 0.29) is 0 Å². The maximum Gasteiger partial charge on any atom is 0.114 e. The standard InChI is InChI=1S/C13H12N2S2/c1-2-15-11-6-4-3-5-10(11)14-13(16)9-7-17-8-12(9)15/h3-8H,2H2,1H3,(H,14,16). The van der Waals surface area contributed by atoms with Crippen LogP contribution in [0.5, 0.6) is 0 Å². The first-order valence-electron chi connectivity index (χ1n) is 5.55. The molecule has 0 atom stereocenters. The van der Waals surface area contributed by atoms with Crippen molar-refractivity contribution in [1.29, 1.82) is 0 Å². The largest absolute Gasteiger partial charge is 0.344 e. The number of nitrogens with zero attached hydrogens (tertiary/aromatic N) is 1. The van der Waals surface area contributed by atoms with E-state index in [0.717, 1.165) is 22.8 Å². The zero-order valence-corrected chi connectivity index (χ0v) is 11.1. The van der Waals surface area contributed by atoms with E-state index in [4.69, 9.17) is 12.2 Å². The van der Waals surface area contributed by atoms with E-state index in [2.05, 4.69) is 46.1 Å². The van der Waals surface area contributed by atoms with Crippen LogP contribution in [0.3, 0.4) is 0 Å². The third-order valence-corrected chi connectivity index (χ3v) is 3.99. The quantitative estimate of drug-likeness (QED) is 0.780. The molecule has 0 spiro atoms. The van der Waals surface area contributed by atoms with Crippen molar-refractivity contribution in [2.45, 2.75) is 6.92 Å². The average molecular weight is 260 g/mol. The molecule has 86 valence electrons. The van der Waals surface area contributed by atoms with Crippen LogP contribution in [0.2, 0.25) is 0 Å². The monoisotopic (exact) mass is 260 g/mol. The molecule has 0 amide bonds. The molecule has 17 heavy (non-hydrogen) atoms. The van der Waals surface area contributed by atoms with Crippen LogP contribution < -0.4 is 10.2 Å². The molecule has 0 aliphatic carbocycles. The van der Waals surface area contributed by atoms with Gasteiger partial charge in [-0.05, 0) is 19.1 Å².